The van der Waals surface area contributed by atoms with Crippen LogP contribution in [0.4, 0.5) is 0 Å². The summed E-state index contributed by atoms with van der Waals surface area (Å²) >= 11 is 3.62. The lowest BCUT2D eigenvalue weighted by Gasteiger charge is -2.26. The molecule has 0 bridgehead atoms. The summed E-state index contributed by atoms with van der Waals surface area (Å²) in [4.78, 5) is 4.60. The molecular formula is C20H29N5OS3. The second-order valence-corrected chi connectivity index (χ2v) is 11.1. The van der Waals surface area contributed by atoms with Crippen LogP contribution in [0, 0.1) is 0 Å². The average Bonchev–Trinajstić information content (AvgIpc) is 3.06. The molecule has 0 radical (unpaired) electrons. The minimum atomic E-state index is -0.466. The van der Waals surface area contributed by atoms with Crippen molar-refractivity contribution in [3.63, 3.8) is 0 Å². The first-order chi connectivity index (χ1) is 14.0. The molecule has 0 aliphatic carbocycles. The molecule has 0 saturated carbocycles. The summed E-state index contributed by atoms with van der Waals surface area (Å²) in [6.45, 7) is 6.93. The molecule has 1 unspecified atom stereocenters. The fourth-order valence-electron chi connectivity index (χ4n) is 2.58. The second-order valence-electron chi connectivity index (χ2n) is 7.15. The van der Waals surface area contributed by atoms with Gasteiger partial charge < -0.3 is 15.7 Å². The van der Waals surface area contributed by atoms with E-state index in [1.165, 1.54) is 5.56 Å². The van der Waals surface area contributed by atoms with E-state index in [0.717, 1.165) is 33.9 Å². The van der Waals surface area contributed by atoms with Gasteiger partial charge >= 0.3 is 0 Å². The number of rotatable bonds is 10. The smallest absolute Gasteiger partial charge is 0.229 e. The van der Waals surface area contributed by atoms with Crippen molar-refractivity contribution in [1.82, 2.24) is 14.9 Å². The molecule has 2 heterocycles. The lowest BCUT2D eigenvalue weighted by molar-refractivity contribution is 0.200. The minimum absolute atomic E-state index is 0.0468. The largest absolute Gasteiger partial charge is 0.394 e. The van der Waals surface area contributed by atoms with Crippen LogP contribution < -0.4 is 10.6 Å². The van der Waals surface area contributed by atoms with Gasteiger partial charge in [-0.05, 0) is 37.1 Å². The Bertz CT molecular complexity index is 821. The molecule has 0 spiro atoms. The van der Waals surface area contributed by atoms with E-state index in [2.05, 4.69) is 57.3 Å². The Balaban J connectivity index is 1.77. The number of hydrogen-bond donors (Lipinski definition) is 3. The number of fused-ring (bicyclic) bond motifs is 1. The van der Waals surface area contributed by atoms with Gasteiger partial charge in [0.15, 0.2) is 0 Å². The molecule has 2 aliphatic heterocycles. The van der Waals surface area contributed by atoms with E-state index in [1.807, 2.05) is 37.9 Å². The number of nitrogens with one attached hydrogen (secondary N) is 2. The van der Waals surface area contributed by atoms with Gasteiger partial charge in [0.25, 0.3) is 0 Å². The number of benzene rings is 1. The molecule has 29 heavy (non-hydrogen) atoms. The van der Waals surface area contributed by atoms with Crippen molar-refractivity contribution in [2.75, 3.05) is 24.7 Å². The van der Waals surface area contributed by atoms with Gasteiger partial charge in [-0.25, -0.2) is 4.99 Å². The number of nitrogens with zero attached hydrogens (tertiary/aromatic N) is 3. The van der Waals surface area contributed by atoms with Gasteiger partial charge in [-0.2, -0.15) is 16.1 Å². The number of guanidine groups is 1. The molecule has 1 atom stereocenters. The number of aliphatic hydroxyl groups excluding tert-OH is 1. The summed E-state index contributed by atoms with van der Waals surface area (Å²) in [5.74, 6) is 3.65. The van der Waals surface area contributed by atoms with Gasteiger partial charge in [-0.3, -0.25) is 4.31 Å². The first-order valence-corrected chi connectivity index (χ1v) is 12.9. The SMILES string of the molecule is CCSCCN=C1N=S2C(NC(C)(C)CO)=CN(SCc3ccccc3)C2=CN1. The highest BCUT2D eigenvalue weighted by atomic mass is 32.2. The van der Waals surface area contributed by atoms with E-state index in [1.54, 1.807) is 11.9 Å². The standard InChI is InChI=1S/C20H29N5OS3/c1-4-27-11-10-21-19-22-12-18-25(28-14-16-8-6-5-7-9-16)13-17(29(18)24-19)23-20(2,3)15-26/h5-9,12-13,23,26H,4,10-11,14-15H2,1-3H3,(H,21,22). The third kappa shape index (κ3) is 6.28. The summed E-state index contributed by atoms with van der Waals surface area (Å²) in [6, 6.07) is 10.4. The van der Waals surface area contributed by atoms with Gasteiger partial charge in [0.05, 0.1) is 18.7 Å². The van der Waals surface area contributed by atoms with Crippen LogP contribution in [0.2, 0.25) is 0 Å². The van der Waals surface area contributed by atoms with Crippen molar-refractivity contribution in [3.05, 3.63) is 58.4 Å². The Hall–Kier alpha value is -1.42. The molecule has 0 saturated heterocycles. The highest BCUT2D eigenvalue weighted by molar-refractivity contribution is 8.00. The quantitative estimate of drug-likeness (QED) is 0.373. The zero-order valence-electron chi connectivity index (χ0n) is 17.1. The molecule has 1 aromatic carbocycles. The molecule has 3 N–H and O–H groups in total. The maximum absolute atomic E-state index is 9.70. The van der Waals surface area contributed by atoms with E-state index in [4.69, 9.17) is 4.36 Å². The Morgan fingerprint density at radius 1 is 1.31 bits per heavy atom. The second kappa shape index (κ2) is 10.6. The van der Waals surface area contributed by atoms with Crippen LogP contribution in [0.5, 0.6) is 0 Å². The highest BCUT2D eigenvalue weighted by Crippen LogP contribution is 2.35. The van der Waals surface area contributed by atoms with Crippen molar-refractivity contribution < 1.29 is 5.11 Å². The Kier molecular flexibility index (Phi) is 8.11. The number of aliphatic imine (C=N–C) groups is 1. The molecule has 158 valence electrons. The van der Waals surface area contributed by atoms with Gasteiger partial charge in [0.2, 0.25) is 5.96 Å². The molecule has 0 aromatic heterocycles. The molecule has 1 aromatic rings. The lowest BCUT2D eigenvalue weighted by atomic mass is 10.1. The predicted molar refractivity (Wildman–Crippen MR) is 128 cm³/mol. The van der Waals surface area contributed by atoms with Crippen LogP contribution in [0.1, 0.15) is 26.3 Å². The third-order valence-electron chi connectivity index (χ3n) is 4.13. The number of hydrogen-bond acceptors (Lipinski definition) is 6. The van der Waals surface area contributed by atoms with E-state index in [9.17, 15) is 5.11 Å². The summed E-state index contributed by atoms with van der Waals surface area (Å²) in [7, 11) is -0.466. The summed E-state index contributed by atoms with van der Waals surface area (Å²) in [5.41, 5.74) is 0.861. The monoisotopic (exact) mass is 451 g/mol. The Morgan fingerprint density at radius 2 is 2.10 bits per heavy atom. The fraction of sp³-hybridized carbons (Fsp3) is 0.450. The summed E-state index contributed by atoms with van der Waals surface area (Å²) in [5, 5.41) is 18.5. The fourth-order valence-corrected chi connectivity index (χ4v) is 6.04. The van der Waals surface area contributed by atoms with E-state index in [0.29, 0.717) is 5.96 Å². The van der Waals surface area contributed by atoms with Crippen LogP contribution in [0.25, 0.3) is 0 Å². The van der Waals surface area contributed by atoms with Crippen molar-refractivity contribution in [3.8, 4) is 0 Å². The predicted octanol–water partition coefficient (Wildman–Crippen LogP) is 3.62. The normalized spacial score (nSPS) is 19.9. The van der Waals surface area contributed by atoms with Crippen LogP contribution in [0.3, 0.4) is 0 Å². The van der Waals surface area contributed by atoms with Crippen LogP contribution in [-0.4, -0.2) is 45.6 Å². The Morgan fingerprint density at radius 3 is 2.83 bits per heavy atom. The van der Waals surface area contributed by atoms with Crippen molar-refractivity contribution in [2.45, 2.75) is 32.1 Å². The van der Waals surface area contributed by atoms with Gasteiger partial charge in [0.1, 0.15) is 10.1 Å². The summed E-state index contributed by atoms with van der Waals surface area (Å²) in [6.07, 6.45) is 4.11. The van der Waals surface area contributed by atoms with Gasteiger partial charge in [-0.1, -0.05) is 37.3 Å². The van der Waals surface area contributed by atoms with Crippen LogP contribution in [0.15, 0.2) is 62.1 Å². The zero-order chi connectivity index (χ0) is 20.7. The third-order valence-corrected chi connectivity index (χ3v) is 7.86. The zero-order valence-corrected chi connectivity index (χ0v) is 19.5. The number of aliphatic hydroxyl groups is 1. The van der Waals surface area contributed by atoms with Crippen molar-refractivity contribution in [2.24, 2.45) is 9.36 Å². The number of thioether (sulfide) groups is 1. The van der Waals surface area contributed by atoms with Crippen molar-refractivity contribution in [1.29, 1.82) is 0 Å². The highest BCUT2D eigenvalue weighted by Gasteiger charge is 2.31. The van der Waals surface area contributed by atoms with E-state index in [-0.39, 0.29) is 6.61 Å². The first kappa shape index (κ1) is 22.3. The Labute approximate surface area is 184 Å². The molecule has 6 nitrogen and oxygen atoms in total. The van der Waals surface area contributed by atoms with Crippen LogP contribution in [-0.2, 0) is 16.4 Å². The van der Waals surface area contributed by atoms with Crippen LogP contribution >= 0.6 is 23.7 Å². The minimum Gasteiger partial charge on any atom is -0.394 e. The first-order valence-electron chi connectivity index (χ1n) is 9.64. The summed E-state index contributed by atoms with van der Waals surface area (Å²) < 4.78 is 7.04. The van der Waals surface area contributed by atoms with E-state index >= 15 is 0 Å². The molecule has 9 heteroatoms. The lowest BCUT2D eigenvalue weighted by Crippen LogP contribution is -2.42. The van der Waals surface area contributed by atoms with Gasteiger partial charge in [-0.15, -0.1) is 0 Å². The maximum Gasteiger partial charge on any atom is 0.229 e. The molecule has 3 rings (SSSR count). The molecule has 0 amide bonds. The molecule has 0 fully saturated rings. The topological polar surface area (TPSA) is 72.2 Å². The maximum atomic E-state index is 9.70. The van der Waals surface area contributed by atoms with E-state index < -0.39 is 16.2 Å². The molecule has 2 aliphatic rings. The molecular weight excluding hydrogens is 422 g/mol. The average molecular weight is 452 g/mol. The van der Waals surface area contributed by atoms with Crippen molar-refractivity contribution >= 4 is 40.4 Å². The van der Waals surface area contributed by atoms with Gasteiger partial charge in [0, 0.05) is 34.6 Å².